The van der Waals surface area contributed by atoms with Gasteiger partial charge in [-0.3, -0.25) is 24.1 Å². The van der Waals surface area contributed by atoms with E-state index in [-0.39, 0.29) is 29.2 Å². The molecule has 0 aromatic heterocycles. The Bertz CT molecular complexity index is 1660. The Morgan fingerprint density at radius 2 is 1.59 bits per heavy atom. The van der Waals surface area contributed by atoms with Gasteiger partial charge in [0.25, 0.3) is 11.7 Å². The molecule has 0 fully saturated rings. The van der Waals surface area contributed by atoms with Crippen molar-refractivity contribution < 1.29 is 37.1 Å². The van der Waals surface area contributed by atoms with Crippen molar-refractivity contribution in [2.24, 2.45) is 5.92 Å². The van der Waals surface area contributed by atoms with Crippen LogP contribution < -0.4 is 10.1 Å². The lowest BCUT2D eigenvalue weighted by molar-refractivity contribution is -0.187. The highest BCUT2D eigenvalue weighted by molar-refractivity contribution is 6.30. The molecule has 242 valence electrons. The van der Waals surface area contributed by atoms with Gasteiger partial charge in [-0.15, -0.1) is 0 Å². The van der Waals surface area contributed by atoms with E-state index in [1.54, 1.807) is 68.4 Å². The minimum atomic E-state index is -5.48. The lowest BCUT2D eigenvalue weighted by Gasteiger charge is -2.49. The van der Waals surface area contributed by atoms with Gasteiger partial charge in [0.1, 0.15) is 18.4 Å². The van der Waals surface area contributed by atoms with Gasteiger partial charge in [0.2, 0.25) is 11.8 Å². The number of carbonyl (C=O) groups is 4. The first kappa shape index (κ1) is 34.2. The molecule has 1 aliphatic rings. The van der Waals surface area contributed by atoms with Crippen molar-refractivity contribution in [2.45, 2.75) is 58.6 Å². The van der Waals surface area contributed by atoms with E-state index in [0.29, 0.717) is 9.92 Å². The summed E-state index contributed by atoms with van der Waals surface area (Å²) in [4.78, 5) is 55.5. The van der Waals surface area contributed by atoms with E-state index in [9.17, 15) is 32.3 Å². The number of halogens is 4. The van der Waals surface area contributed by atoms with Crippen molar-refractivity contribution in [3.05, 3.63) is 107 Å². The largest absolute Gasteiger partial charge is 0.489 e. The fourth-order valence-electron chi connectivity index (χ4n) is 5.50. The Hall–Kier alpha value is -4.64. The van der Waals surface area contributed by atoms with Gasteiger partial charge in [-0.2, -0.15) is 13.2 Å². The third-order valence-corrected chi connectivity index (χ3v) is 7.63. The van der Waals surface area contributed by atoms with Crippen molar-refractivity contribution in [2.75, 3.05) is 0 Å². The van der Waals surface area contributed by atoms with Gasteiger partial charge < -0.3 is 15.0 Å². The summed E-state index contributed by atoms with van der Waals surface area (Å²) in [7, 11) is 0. The molecule has 3 aromatic rings. The minimum Gasteiger partial charge on any atom is -0.489 e. The molecule has 1 aliphatic heterocycles. The number of carbonyl (C=O) groups excluding carboxylic acids is 4. The van der Waals surface area contributed by atoms with Gasteiger partial charge in [0.15, 0.2) is 5.66 Å². The molecule has 1 unspecified atom stereocenters. The zero-order chi connectivity index (χ0) is 33.8. The van der Waals surface area contributed by atoms with Gasteiger partial charge in [-0.1, -0.05) is 80.0 Å². The molecule has 3 aromatic carbocycles. The molecule has 4 rings (SSSR count). The van der Waals surface area contributed by atoms with E-state index in [1.807, 2.05) is 0 Å². The standard InChI is InChI=1S/C34H33ClF3N3O5/c1-21(2)30-31(44)41(33(39-22(3)42,32(45)34(36,37)38)18-24-10-6-5-7-11-24)29(19-40(30)23(4)43)26-13-9-15-28(17-26)46-20-25-12-8-14-27(35)16-25/h5-17,19,21,30H,18,20H2,1-4H3,(H,39,42)/t30-,33?/m1/s1. The summed E-state index contributed by atoms with van der Waals surface area (Å²) in [6.07, 6.45) is -4.95. The van der Waals surface area contributed by atoms with E-state index in [0.717, 1.165) is 17.4 Å². The number of amides is 3. The summed E-state index contributed by atoms with van der Waals surface area (Å²) in [5.41, 5.74) is -2.02. The predicted octanol–water partition coefficient (Wildman–Crippen LogP) is 6.14. The summed E-state index contributed by atoms with van der Waals surface area (Å²) >= 11 is 6.08. The third kappa shape index (κ3) is 7.42. The Labute approximate surface area is 269 Å². The molecule has 0 spiro atoms. The lowest BCUT2D eigenvalue weighted by atomic mass is 9.87. The van der Waals surface area contributed by atoms with Crippen molar-refractivity contribution in [3.63, 3.8) is 0 Å². The first-order valence-electron chi connectivity index (χ1n) is 14.4. The van der Waals surface area contributed by atoms with Crippen LogP contribution in [0.15, 0.2) is 85.1 Å². The molecule has 0 saturated carbocycles. The molecule has 0 bridgehead atoms. The van der Waals surface area contributed by atoms with Crippen LogP contribution in [0.1, 0.15) is 44.4 Å². The summed E-state index contributed by atoms with van der Waals surface area (Å²) in [5.74, 6) is -5.17. The number of nitrogens with zero attached hydrogens (tertiary/aromatic N) is 2. The highest BCUT2D eigenvalue weighted by Crippen LogP contribution is 2.40. The topological polar surface area (TPSA) is 96.0 Å². The first-order valence-corrected chi connectivity index (χ1v) is 14.8. The number of ether oxygens (including phenoxy) is 1. The number of hydrogen-bond donors (Lipinski definition) is 1. The Morgan fingerprint density at radius 1 is 0.935 bits per heavy atom. The van der Waals surface area contributed by atoms with Gasteiger partial charge >= 0.3 is 6.18 Å². The maximum absolute atomic E-state index is 14.6. The summed E-state index contributed by atoms with van der Waals surface area (Å²) < 4.78 is 49.6. The fraction of sp³-hybridized carbons (Fsp3) is 0.294. The lowest BCUT2D eigenvalue weighted by Crippen LogP contribution is -2.73. The fourth-order valence-corrected chi connectivity index (χ4v) is 5.72. The molecule has 1 N–H and O–H groups in total. The Balaban J connectivity index is 1.97. The number of benzene rings is 3. The Morgan fingerprint density at radius 3 is 2.17 bits per heavy atom. The zero-order valence-corrected chi connectivity index (χ0v) is 26.4. The van der Waals surface area contributed by atoms with Crippen molar-refractivity contribution in [3.8, 4) is 5.75 Å². The minimum absolute atomic E-state index is 0.0943. The SMILES string of the molecule is CC(=O)NC(Cc1ccccc1)(C(=O)C(F)(F)F)N1C(=O)[C@@H](C(C)C)N(C(C)=O)C=C1c1cccc(OCc2cccc(Cl)c2)c1. The molecular formula is C34H33ClF3N3O5. The second-order valence-electron chi connectivity index (χ2n) is 11.3. The van der Waals surface area contributed by atoms with Crippen molar-refractivity contribution in [1.82, 2.24) is 15.1 Å². The average molecular weight is 656 g/mol. The second kappa shape index (κ2) is 13.8. The van der Waals surface area contributed by atoms with E-state index >= 15 is 0 Å². The predicted molar refractivity (Wildman–Crippen MR) is 166 cm³/mol. The monoisotopic (exact) mass is 655 g/mol. The third-order valence-electron chi connectivity index (χ3n) is 7.40. The normalized spacial score (nSPS) is 16.5. The molecule has 0 saturated heterocycles. The van der Waals surface area contributed by atoms with E-state index in [4.69, 9.17) is 16.3 Å². The van der Waals surface area contributed by atoms with Crippen LogP contribution in [0.5, 0.6) is 5.75 Å². The average Bonchev–Trinajstić information content (AvgIpc) is 2.98. The van der Waals surface area contributed by atoms with Crippen molar-refractivity contribution in [1.29, 1.82) is 0 Å². The highest BCUT2D eigenvalue weighted by atomic mass is 35.5. The molecule has 12 heteroatoms. The van der Waals surface area contributed by atoms with E-state index < -0.39 is 53.7 Å². The summed E-state index contributed by atoms with van der Waals surface area (Å²) in [5, 5.41) is 2.73. The van der Waals surface area contributed by atoms with Gasteiger partial charge in [0.05, 0.1) is 5.70 Å². The number of ketones is 1. The molecule has 8 nitrogen and oxygen atoms in total. The number of rotatable bonds is 10. The van der Waals surface area contributed by atoms with Gasteiger partial charge in [-0.05, 0) is 41.3 Å². The molecule has 3 amide bonds. The van der Waals surface area contributed by atoms with Crippen LogP contribution in [0.3, 0.4) is 0 Å². The number of alkyl halides is 3. The first-order chi connectivity index (χ1) is 21.6. The number of hydrogen-bond acceptors (Lipinski definition) is 5. The quantitative estimate of drug-likeness (QED) is 0.283. The van der Waals surface area contributed by atoms with E-state index in [1.165, 1.54) is 37.4 Å². The van der Waals surface area contributed by atoms with Gasteiger partial charge in [0, 0.05) is 37.1 Å². The number of nitrogens with one attached hydrogen (secondary N) is 1. The van der Waals surface area contributed by atoms with Crippen LogP contribution in [-0.4, -0.2) is 51.2 Å². The molecule has 2 atom stereocenters. The number of Topliss-reactive ketones (excluding diaryl/α,β-unsaturated/α-hetero) is 1. The van der Waals surface area contributed by atoms with E-state index in [2.05, 4.69) is 5.32 Å². The molecule has 0 aliphatic carbocycles. The molecule has 0 radical (unpaired) electrons. The highest BCUT2D eigenvalue weighted by Gasteiger charge is 2.61. The molecular weight excluding hydrogens is 623 g/mol. The van der Waals surface area contributed by atoms with Crippen LogP contribution in [0, 0.1) is 5.92 Å². The van der Waals surface area contributed by atoms with Crippen LogP contribution in [0.25, 0.3) is 5.70 Å². The second-order valence-corrected chi connectivity index (χ2v) is 11.7. The maximum Gasteiger partial charge on any atom is 0.454 e. The Kier molecular flexibility index (Phi) is 10.3. The van der Waals surface area contributed by atoms with Crippen LogP contribution in [0.4, 0.5) is 13.2 Å². The molecule has 46 heavy (non-hydrogen) atoms. The smallest absolute Gasteiger partial charge is 0.454 e. The maximum atomic E-state index is 14.6. The van der Waals surface area contributed by atoms with Crippen LogP contribution in [-0.2, 0) is 32.2 Å². The zero-order valence-electron chi connectivity index (χ0n) is 25.6. The molecule has 1 heterocycles. The van der Waals surface area contributed by atoms with Crippen LogP contribution >= 0.6 is 11.6 Å². The summed E-state index contributed by atoms with van der Waals surface area (Å²) in [6, 6.07) is 19.6. The van der Waals surface area contributed by atoms with Crippen LogP contribution in [0.2, 0.25) is 5.02 Å². The summed E-state index contributed by atoms with van der Waals surface area (Å²) in [6.45, 7) is 5.54. The van der Waals surface area contributed by atoms with Gasteiger partial charge in [-0.25, -0.2) is 0 Å². The van der Waals surface area contributed by atoms with Crippen molar-refractivity contribution >= 4 is 40.8 Å².